The maximum Gasteiger partial charge on any atom is 0.416 e. The molecule has 1 aliphatic rings. The zero-order valence-corrected chi connectivity index (χ0v) is 28.0. The summed E-state index contributed by atoms with van der Waals surface area (Å²) in [6.45, 7) is 1.77. The van der Waals surface area contributed by atoms with Gasteiger partial charge in [-0.3, -0.25) is 14.4 Å². The average molecular weight is 712 g/mol. The van der Waals surface area contributed by atoms with Gasteiger partial charge in [0, 0.05) is 18.8 Å². The third kappa shape index (κ3) is 9.73. The fourth-order valence-electron chi connectivity index (χ4n) is 6.50. The molecule has 4 rings (SSSR count). The zero-order chi connectivity index (χ0) is 37.0. The number of halogens is 7. The molecule has 0 radical (unpaired) electrons. The van der Waals surface area contributed by atoms with E-state index >= 15 is 0 Å². The fourth-order valence-corrected chi connectivity index (χ4v) is 6.50. The van der Waals surface area contributed by atoms with E-state index in [1.807, 2.05) is 0 Å². The standard InChI is InChI=1S/C36H40F7N3O4/c1-21-13-27(37)17-22-9-7-5-4-6-8-10-30(46-20-23(11-12-45(2)3)28(18-31(46)47)36(41,42)43)34(50)44-29(19-32(48)49)24-14-25(33(21)22)16-26(15-24)35(38,39)40/h13-18,20,29-30H,4-12,19H2,1-3H3,(H,44,50)(H,48,49)/t29-,30-/m0/s1. The molecule has 3 aromatic rings. The molecule has 2 N–H and O–H groups in total. The molecule has 272 valence electrons. The number of carbonyl (C=O) groups is 2. The number of carbonyl (C=O) groups excluding carboxylic acids is 1. The zero-order valence-electron chi connectivity index (χ0n) is 28.0. The lowest BCUT2D eigenvalue weighted by Crippen LogP contribution is -2.40. The second-order valence-electron chi connectivity index (χ2n) is 13.1. The molecule has 0 spiro atoms. The highest BCUT2D eigenvalue weighted by molar-refractivity contribution is 5.82. The fraction of sp³-hybridized carbons (Fsp3) is 0.472. The second kappa shape index (κ2) is 15.8. The number of rotatable bonds is 6. The van der Waals surface area contributed by atoms with E-state index in [1.165, 1.54) is 18.2 Å². The van der Waals surface area contributed by atoms with Gasteiger partial charge in [-0.25, -0.2) is 4.39 Å². The van der Waals surface area contributed by atoms with Gasteiger partial charge in [0.15, 0.2) is 0 Å². The minimum atomic E-state index is -4.88. The number of carboxylic acids is 1. The normalized spacial score (nSPS) is 18.1. The number of fused-ring (bicyclic) bond motifs is 4. The first-order chi connectivity index (χ1) is 23.3. The number of nitrogens with zero attached hydrogens (tertiary/aromatic N) is 2. The molecule has 50 heavy (non-hydrogen) atoms. The van der Waals surface area contributed by atoms with Gasteiger partial charge >= 0.3 is 18.3 Å². The van der Waals surface area contributed by atoms with Gasteiger partial charge in [-0.2, -0.15) is 26.3 Å². The Morgan fingerprint density at radius 2 is 1.62 bits per heavy atom. The summed E-state index contributed by atoms with van der Waals surface area (Å²) < 4.78 is 100. The summed E-state index contributed by atoms with van der Waals surface area (Å²) in [5.74, 6) is -2.92. The topological polar surface area (TPSA) is 91.6 Å². The molecule has 2 aromatic carbocycles. The number of alkyl halides is 6. The lowest BCUT2D eigenvalue weighted by atomic mass is 9.88. The van der Waals surface area contributed by atoms with Crippen LogP contribution < -0.4 is 10.9 Å². The van der Waals surface area contributed by atoms with Crippen molar-refractivity contribution < 1.29 is 45.4 Å². The van der Waals surface area contributed by atoms with Crippen LogP contribution in [-0.4, -0.2) is 47.1 Å². The van der Waals surface area contributed by atoms with Crippen molar-refractivity contribution >= 4 is 11.9 Å². The van der Waals surface area contributed by atoms with E-state index in [0.29, 0.717) is 61.3 Å². The van der Waals surface area contributed by atoms with Crippen LogP contribution in [-0.2, 0) is 34.8 Å². The number of pyridine rings is 1. The van der Waals surface area contributed by atoms with Crippen LogP contribution in [0.25, 0.3) is 11.1 Å². The highest BCUT2D eigenvalue weighted by Crippen LogP contribution is 2.39. The Hall–Kier alpha value is -4.20. The lowest BCUT2D eigenvalue weighted by Gasteiger charge is -2.26. The van der Waals surface area contributed by atoms with Gasteiger partial charge in [-0.05, 0) is 110 Å². The molecule has 7 nitrogen and oxygen atoms in total. The van der Waals surface area contributed by atoms with E-state index in [2.05, 4.69) is 5.32 Å². The summed E-state index contributed by atoms with van der Waals surface area (Å²) >= 11 is 0. The molecule has 1 amide bonds. The number of hydrogen-bond acceptors (Lipinski definition) is 4. The quantitative estimate of drug-likeness (QED) is 0.254. The van der Waals surface area contributed by atoms with Crippen LogP contribution >= 0.6 is 0 Å². The first kappa shape index (κ1) is 38.6. The first-order valence-corrected chi connectivity index (χ1v) is 16.4. The third-order valence-electron chi connectivity index (χ3n) is 8.91. The molecule has 2 atom stereocenters. The molecule has 1 aliphatic heterocycles. The van der Waals surface area contributed by atoms with Crippen molar-refractivity contribution in [2.75, 3.05) is 20.6 Å². The maximum absolute atomic E-state index is 14.5. The van der Waals surface area contributed by atoms with Crippen molar-refractivity contribution in [1.29, 1.82) is 0 Å². The summed E-state index contributed by atoms with van der Waals surface area (Å²) in [5.41, 5.74) is -2.49. The molecule has 2 bridgehead atoms. The number of likely N-dealkylation sites (N-methyl/N-ethyl adjacent to an activating group) is 1. The van der Waals surface area contributed by atoms with Crippen LogP contribution in [0.2, 0.25) is 0 Å². The summed E-state index contributed by atoms with van der Waals surface area (Å²) in [6, 6.07) is 2.97. The number of benzene rings is 2. The van der Waals surface area contributed by atoms with E-state index in [0.717, 1.165) is 22.9 Å². The van der Waals surface area contributed by atoms with Gasteiger partial charge in [0.25, 0.3) is 5.56 Å². The van der Waals surface area contributed by atoms with Crippen LogP contribution in [0, 0.1) is 12.7 Å². The molecule has 1 aromatic heterocycles. The Balaban J connectivity index is 1.90. The number of nitrogens with one attached hydrogen (secondary N) is 1. The van der Waals surface area contributed by atoms with Crippen LogP contribution in [0.4, 0.5) is 30.7 Å². The maximum atomic E-state index is 14.5. The van der Waals surface area contributed by atoms with Crippen molar-refractivity contribution in [3.8, 4) is 11.1 Å². The predicted octanol–water partition coefficient (Wildman–Crippen LogP) is 7.87. The van der Waals surface area contributed by atoms with Crippen LogP contribution in [0.3, 0.4) is 0 Å². The largest absolute Gasteiger partial charge is 0.481 e. The lowest BCUT2D eigenvalue weighted by molar-refractivity contribution is -0.139. The molecule has 0 unspecified atom stereocenters. The van der Waals surface area contributed by atoms with Gasteiger partial charge < -0.3 is 19.9 Å². The summed E-state index contributed by atoms with van der Waals surface area (Å²) in [5, 5.41) is 12.3. The number of aromatic nitrogens is 1. The van der Waals surface area contributed by atoms with Crippen LogP contribution in [0.5, 0.6) is 0 Å². The van der Waals surface area contributed by atoms with E-state index < -0.39 is 65.2 Å². The minimum Gasteiger partial charge on any atom is -0.481 e. The van der Waals surface area contributed by atoms with E-state index in [9.17, 15) is 50.2 Å². The first-order valence-electron chi connectivity index (χ1n) is 16.4. The van der Waals surface area contributed by atoms with E-state index in [-0.39, 0.29) is 36.1 Å². The number of aryl methyl sites for hydroxylation is 2. The number of aliphatic carboxylic acids is 1. The van der Waals surface area contributed by atoms with Crippen LogP contribution in [0.1, 0.15) is 90.4 Å². The summed E-state index contributed by atoms with van der Waals surface area (Å²) in [4.78, 5) is 40.9. The Kier molecular flexibility index (Phi) is 12.2. The summed E-state index contributed by atoms with van der Waals surface area (Å²) in [6.07, 6.45) is -6.49. The van der Waals surface area contributed by atoms with Crippen molar-refractivity contribution in [3.63, 3.8) is 0 Å². The van der Waals surface area contributed by atoms with Crippen molar-refractivity contribution in [2.45, 2.75) is 89.1 Å². The van der Waals surface area contributed by atoms with Gasteiger partial charge in [0.2, 0.25) is 5.91 Å². The predicted molar refractivity (Wildman–Crippen MR) is 173 cm³/mol. The van der Waals surface area contributed by atoms with Gasteiger partial charge in [-0.15, -0.1) is 0 Å². The van der Waals surface area contributed by atoms with Gasteiger partial charge in [-0.1, -0.05) is 25.7 Å². The SMILES string of the molecule is Cc1cc(F)cc2c1-c1cc(cc(C(F)(F)F)c1)[C@H](CC(=O)O)NC(=O)[C@@H](n1cc(CCN(C)C)c(C(F)(F)F)cc1=O)CCCCCCC2. The third-order valence-corrected chi connectivity index (χ3v) is 8.91. The number of carboxylic acid groups (broad SMARTS) is 1. The Morgan fingerprint density at radius 1 is 0.940 bits per heavy atom. The average Bonchev–Trinajstić information content (AvgIpc) is 2.99. The molecule has 0 saturated heterocycles. The molecule has 0 saturated carbocycles. The molecule has 14 heteroatoms. The Bertz CT molecular complexity index is 1770. The second-order valence-corrected chi connectivity index (χ2v) is 13.1. The van der Waals surface area contributed by atoms with E-state index in [1.54, 1.807) is 25.9 Å². The van der Waals surface area contributed by atoms with Gasteiger partial charge in [0.1, 0.15) is 11.9 Å². The monoisotopic (exact) mass is 711 g/mol. The summed E-state index contributed by atoms with van der Waals surface area (Å²) in [7, 11) is 3.33. The molecule has 2 heterocycles. The van der Waals surface area contributed by atoms with E-state index in [4.69, 9.17) is 0 Å². The Labute approximate surface area is 285 Å². The van der Waals surface area contributed by atoms with Crippen molar-refractivity contribution in [1.82, 2.24) is 14.8 Å². The van der Waals surface area contributed by atoms with Crippen LogP contribution in [0.15, 0.2) is 47.4 Å². The van der Waals surface area contributed by atoms with Crippen molar-refractivity contribution in [3.05, 3.63) is 92.1 Å². The number of amides is 1. The smallest absolute Gasteiger partial charge is 0.416 e. The van der Waals surface area contributed by atoms with Gasteiger partial charge in [0.05, 0.1) is 23.6 Å². The highest BCUT2D eigenvalue weighted by Gasteiger charge is 2.36. The molecule has 0 aliphatic carbocycles. The molecular formula is C36H40F7N3O4. The minimum absolute atomic E-state index is 0.00883. The molecule has 0 fully saturated rings. The van der Waals surface area contributed by atoms with Crippen molar-refractivity contribution in [2.24, 2.45) is 0 Å². The number of hydrogen-bond donors (Lipinski definition) is 2. The highest BCUT2D eigenvalue weighted by atomic mass is 19.4. The Morgan fingerprint density at radius 3 is 2.26 bits per heavy atom. The molecular weight excluding hydrogens is 671 g/mol.